The second-order valence-electron chi connectivity index (χ2n) is 5.70. The van der Waals surface area contributed by atoms with Crippen LogP contribution < -0.4 is 19.5 Å². The number of rotatable bonds is 10. The maximum absolute atomic E-state index is 12.0. The Bertz CT molecular complexity index is 529. The van der Waals surface area contributed by atoms with Gasteiger partial charge in [0.2, 0.25) is 11.7 Å². The summed E-state index contributed by atoms with van der Waals surface area (Å²) in [6.45, 7) is 4.20. The van der Waals surface area contributed by atoms with Crippen LogP contribution in [-0.4, -0.2) is 33.3 Å². The summed E-state index contributed by atoms with van der Waals surface area (Å²) in [5, 5.41) is 2.98. The van der Waals surface area contributed by atoms with E-state index in [2.05, 4.69) is 12.2 Å². The summed E-state index contributed by atoms with van der Waals surface area (Å²) in [5.41, 5.74) is 0.804. The van der Waals surface area contributed by atoms with Crippen molar-refractivity contribution >= 4 is 12.0 Å². The summed E-state index contributed by atoms with van der Waals surface area (Å²) in [7, 11) is 4.69. The zero-order chi connectivity index (χ0) is 17.9. The number of carbonyl (C=O) groups excluding carboxylic acids is 1. The van der Waals surface area contributed by atoms with Crippen molar-refractivity contribution in [1.29, 1.82) is 0 Å². The highest BCUT2D eigenvalue weighted by atomic mass is 16.5. The number of hydrogen-bond acceptors (Lipinski definition) is 4. The average molecular weight is 335 g/mol. The molecule has 1 aromatic rings. The number of nitrogens with one attached hydrogen (secondary N) is 1. The van der Waals surface area contributed by atoms with Crippen LogP contribution in [0.15, 0.2) is 18.2 Å². The Labute approximate surface area is 145 Å². The molecule has 1 rings (SSSR count). The fourth-order valence-electron chi connectivity index (χ4n) is 2.43. The molecule has 0 aliphatic heterocycles. The molecule has 0 unspecified atom stereocenters. The Morgan fingerprint density at radius 2 is 1.75 bits per heavy atom. The third-order valence-electron chi connectivity index (χ3n) is 3.74. The number of benzene rings is 1. The van der Waals surface area contributed by atoms with Crippen LogP contribution in [0.25, 0.3) is 6.08 Å². The van der Waals surface area contributed by atoms with Gasteiger partial charge in [0.25, 0.3) is 0 Å². The molecule has 0 aliphatic rings. The van der Waals surface area contributed by atoms with Crippen LogP contribution >= 0.6 is 0 Å². The van der Waals surface area contributed by atoms with Crippen LogP contribution in [0, 0.1) is 0 Å². The van der Waals surface area contributed by atoms with Crippen LogP contribution in [0.1, 0.15) is 45.1 Å². The number of amides is 1. The number of carbonyl (C=O) groups is 1. The SMILES string of the molecule is CCCCC[C@@H](C)NC(=O)/C=C/c1cc(OC)c(OC)c(OC)c1. The summed E-state index contributed by atoms with van der Waals surface area (Å²) in [6, 6.07) is 3.78. The van der Waals surface area contributed by atoms with E-state index in [0.717, 1.165) is 18.4 Å². The summed E-state index contributed by atoms with van der Waals surface area (Å²) >= 11 is 0. The van der Waals surface area contributed by atoms with E-state index in [9.17, 15) is 4.79 Å². The lowest BCUT2D eigenvalue weighted by Gasteiger charge is -2.13. The highest BCUT2D eigenvalue weighted by Crippen LogP contribution is 2.38. The fourth-order valence-corrected chi connectivity index (χ4v) is 2.43. The maximum Gasteiger partial charge on any atom is 0.244 e. The highest BCUT2D eigenvalue weighted by Gasteiger charge is 2.12. The smallest absolute Gasteiger partial charge is 0.244 e. The van der Waals surface area contributed by atoms with Crippen LogP contribution in [0.3, 0.4) is 0 Å². The largest absolute Gasteiger partial charge is 0.493 e. The molecule has 5 heteroatoms. The van der Waals surface area contributed by atoms with Gasteiger partial charge >= 0.3 is 0 Å². The molecular formula is C19H29NO4. The third-order valence-corrected chi connectivity index (χ3v) is 3.74. The van der Waals surface area contributed by atoms with Crippen LogP contribution in [-0.2, 0) is 4.79 Å². The number of methoxy groups -OCH3 is 3. The molecule has 0 spiro atoms. The summed E-state index contributed by atoms with van der Waals surface area (Å²) in [4.78, 5) is 12.0. The van der Waals surface area contributed by atoms with Gasteiger partial charge in [0.15, 0.2) is 11.5 Å². The second-order valence-corrected chi connectivity index (χ2v) is 5.70. The maximum atomic E-state index is 12.0. The molecule has 0 saturated heterocycles. The molecule has 0 saturated carbocycles. The molecular weight excluding hydrogens is 306 g/mol. The van der Waals surface area contributed by atoms with Crippen LogP contribution in [0.4, 0.5) is 0 Å². The molecule has 0 radical (unpaired) electrons. The van der Waals surface area contributed by atoms with Crippen molar-refractivity contribution in [3.05, 3.63) is 23.8 Å². The molecule has 24 heavy (non-hydrogen) atoms. The summed E-state index contributed by atoms with van der Waals surface area (Å²) in [5.74, 6) is 1.55. The first kappa shape index (κ1) is 19.9. The van der Waals surface area contributed by atoms with E-state index in [0.29, 0.717) is 17.2 Å². The van der Waals surface area contributed by atoms with Gasteiger partial charge in [0, 0.05) is 12.1 Å². The van der Waals surface area contributed by atoms with Crippen molar-refractivity contribution in [2.75, 3.05) is 21.3 Å². The van der Waals surface area contributed by atoms with Gasteiger partial charge in [0.05, 0.1) is 21.3 Å². The van der Waals surface area contributed by atoms with Gasteiger partial charge in [-0.2, -0.15) is 0 Å². The second kappa shape index (κ2) is 10.6. The number of hydrogen-bond donors (Lipinski definition) is 1. The lowest BCUT2D eigenvalue weighted by Crippen LogP contribution is -2.30. The van der Waals surface area contributed by atoms with Gasteiger partial charge in [0.1, 0.15) is 0 Å². The highest BCUT2D eigenvalue weighted by molar-refractivity contribution is 5.92. The molecule has 1 N–H and O–H groups in total. The molecule has 1 amide bonds. The van der Waals surface area contributed by atoms with E-state index in [4.69, 9.17) is 14.2 Å². The lowest BCUT2D eigenvalue weighted by molar-refractivity contribution is -0.117. The monoisotopic (exact) mass is 335 g/mol. The van der Waals surface area contributed by atoms with E-state index in [1.807, 2.05) is 6.92 Å². The average Bonchev–Trinajstić information content (AvgIpc) is 2.59. The van der Waals surface area contributed by atoms with Gasteiger partial charge in [-0.3, -0.25) is 4.79 Å². The molecule has 1 atom stereocenters. The van der Waals surface area contributed by atoms with E-state index in [1.165, 1.54) is 18.9 Å². The van der Waals surface area contributed by atoms with Gasteiger partial charge in [-0.1, -0.05) is 26.2 Å². The van der Waals surface area contributed by atoms with Gasteiger partial charge < -0.3 is 19.5 Å². The zero-order valence-corrected chi connectivity index (χ0v) is 15.3. The Morgan fingerprint density at radius 3 is 2.25 bits per heavy atom. The summed E-state index contributed by atoms with van der Waals surface area (Å²) in [6.07, 6.45) is 7.77. The molecule has 0 bridgehead atoms. The quantitative estimate of drug-likeness (QED) is 0.522. The predicted molar refractivity (Wildman–Crippen MR) is 96.9 cm³/mol. The predicted octanol–water partition coefficient (Wildman–Crippen LogP) is 3.81. The van der Waals surface area contributed by atoms with Crippen molar-refractivity contribution in [3.63, 3.8) is 0 Å². The minimum atomic E-state index is -0.104. The minimum absolute atomic E-state index is 0.104. The Morgan fingerprint density at radius 1 is 1.12 bits per heavy atom. The van der Waals surface area contributed by atoms with Gasteiger partial charge in [-0.25, -0.2) is 0 Å². The first-order chi connectivity index (χ1) is 11.5. The van der Waals surface area contributed by atoms with Crippen molar-refractivity contribution < 1.29 is 19.0 Å². The van der Waals surface area contributed by atoms with Crippen LogP contribution in [0.5, 0.6) is 17.2 Å². The van der Waals surface area contributed by atoms with Gasteiger partial charge in [-0.05, 0) is 37.1 Å². The van der Waals surface area contributed by atoms with E-state index in [1.54, 1.807) is 39.5 Å². The van der Waals surface area contributed by atoms with Crippen molar-refractivity contribution in [2.45, 2.75) is 45.6 Å². The van der Waals surface area contributed by atoms with E-state index >= 15 is 0 Å². The first-order valence-corrected chi connectivity index (χ1v) is 8.34. The van der Waals surface area contributed by atoms with Crippen molar-refractivity contribution in [3.8, 4) is 17.2 Å². The number of ether oxygens (including phenoxy) is 3. The van der Waals surface area contributed by atoms with Crippen molar-refractivity contribution in [1.82, 2.24) is 5.32 Å². The molecule has 134 valence electrons. The first-order valence-electron chi connectivity index (χ1n) is 8.34. The standard InChI is InChI=1S/C19H29NO4/c1-6-7-8-9-14(2)20-18(21)11-10-15-12-16(22-3)19(24-5)17(13-15)23-4/h10-14H,6-9H2,1-5H3,(H,20,21)/b11-10+/t14-/m1/s1. The zero-order valence-electron chi connectivity index (χ0n) is 15.3. The molecule has 0 heterocycles. The van der Waals surface area contributed by atoms with Crippen LogP contribution in [0.2, 0.25) is 0 Å². The number of unbranched alkanes of at least 4 members (excludes halogenated alkanes) is 2. The molecule has 5 nitrogen and oxygen atoms in total. The van der Waals surface area contributed by atoms with Gasteiger partial charge in [-0.15, -0.1) is 0 Å². The molecule has 1 aromatic carbocycles. The fraction of sp³-hybridized carbons (Fsp3) is 0.526. The minimum Gasteiger partial charge on any atom is -0.493 e. The molecule has 0 aliphatic carbocycles. The topological polar surface area (TPSA) is 56.8 Å². The van der Waals surface area contributed by atoms with E-state index in [-0.39, 0.29) is 11.9 Å². The molecule has 0 fully saturated rings. The summed E-state index contributed by atoms with van der Waals surface area (Å²) < 4.78 is 15.9. The Balaban J connectivity index is 2.74. The molecule has 0 aromatic heterocycles. The Hall–Kier alpha value is -2.17. The Kier molecular flexibility index (Phi) is 8.76. The normalized spacial score (nSPS) is 12.0. The third kappa shape index (κ3) is 6.14. The van der Waals surface area contributed by atoms with E-state index < -0.39 is 0 Å². The van der Waals surface area contributed by atoms with Crippen molar-refractivity contribution in [2.24, 2.45) is 0 Å². The lowest BCUT2D eigenvalue weighted by atomic mass is 10.1.